The fourth-order valence-corrected chi connectivity index (χ4v) is 5.93. The number of nitrogens with one attached hydrogen (secondary N) is 3. The fourth-order valence-electron chi connectivity index (χ4n) is 4.45. The topological polar surface area (TPSA) is 264 Å². The van der Waals surface area contributed by atoms with Gasteiger partial charge < -0.3 is 26.8 Å². The summed E-state index contributed by atoms with van der Waals surface area (Å²) in [4.78, 5) is 37.0. The highest BCUT2D eigenvalue weighted by molar-refractivity contribution is 7.86. The Morgan fingerprint density at radius 3 is 2.00 bits per heavy atom. The lowest BCUT2D eigenvalue weighted by Gasteiger charge is -2.24. The first-order valence-electron chi connectivity index (χ1n) is 12.2. The smallest absolute Gasteiger partial charge is 0.296 e. The highest BCUT2D eigenvalue weighted by Gasteiger charge is 2.36. The number of rotatable bonds is 9. The lowest BCUT2D eigenvalue weighted by Crippen LogP contribution is -2.25. The quantitative estimate of drug-likeness (QED) is 0.0881. The minimum Gasteiger partial charge on any atom is -0.397 e. The Morgan fingerprint density at radius 2 is 1.39 bits per heavy atom. The molecule has 0 amide bonds. The summed E-state index contributed by atoms with van der Waals surface area (Å²) in [6.07, 6.45) is 0. The predicted octanol–water partition coefficient (Wildman–Crippen LogP) is 2.27. The molecule has 1 aliphatic carbocycles. The van der Waals surface area contributed by atoms with Crippen molar-refractivity contribution in [1.82, 2.24) is 15.0 Å². The van der Waals surface area contributed by atoms with E-state index in [1.54, 1.807) is 0 Å². The summed E-state index contributed by atoms with van der Waals surface area (Å²) in [5.74, 6) is -1.69. The van der Waals surface area contributed by atoms with Crippen LogP contribution in [0.3, 0.4) is 0 Å². The van der Waals surface area contributed by atoms with Gasteiger partial charge in [-0.25, -0.2) is 0 Å². The van der Waals surface area contributed by atoms with Crippen molar-refractivity contribution < 1.29 is 40.6 Å². The monoisotopic (exact) mass is 661 g/mol. The van der Waals surface area contributed by atoms with Crippen molar-refractivity contribution in [1.29, 1.82) is 0 Å². The molecule has 1 heterocycles. The summed E-state index contributed by atoms with van der Waals surface area (Å²) in [5.41, 5.74) is 3.58. The van der Waals surface area contributed by atoms with E-state index in [9.17, 15) is 35.5 Å². The number of ketones is 2. The van der Waals surface area contributed by atoms with Crippen LogP contribution in [0.25, 0.3) is 0 Å². The first-order valence-corrected chi connectivity index (χ1v) is 15.5. The number of nitrogens with two attached hydrogens (primary N) is 1. The third-order valence-electron chi connectivity index (χ3n) is 6.27. The molecule has 44 heavy (non-hydrogen) atoms. The summed E-state index contributed by atoms with van der Waals surface area (Å²) in [5, 5.41) is 16.7. The summed E-state index contributed by atoms with van der Waals surface area (Å²) in [6.45, 7) is -0.131. The molecule has 0 atom stereocenters. The minimum absolute atomic E-state index is 0.00149. The minimum atomic E-state index is -5.05. The second-order valence-electron chi connectivity index (χ2n) is 9.10. The Bertz CT molecular complexity index is 2090. The lowest BCUT2D eigenvalue weighted by atomic mass is 9.82. The molecule has 0 fully saturated rings. The van der Waals surface area contributed by atoms with Crippen LogP contribution in [0.15, 0.2) is 58.3 Å². The van der Waals surface area contributed by atoms with Crippen molar-refractivity contribution in [2.75, 3.05) is 34.8 Å². The van der Waals surface area contributed by atoms with Crippen LogP contribution in [0.4, 0.5) is 34.6 Å². The zero-order valence-electron chi connectivity index (χ0n) is 21.9. The van der Waals surface area contributed by atoms with Gasteiger partial charge in [-0.1, -0.05) is 24.3 Å². The third-order valence-corrected chi connectivity index (χ3v) is 8.22. The highest BCUT2D eigenvalue weighted by atomic mass is 35.5. The summed E-state index contributed by atoms with van der Waals surface area (Å²) >= 11 is 5.91. The van der Waals surface area contributed by atoms with Crippen molar-refractivity contribution in [3.8, 4) is 0 Å². The van der Waals surface area contributed by atoms with Crippen molar-refractivity contribution in [3.63, 3.8) is 0 Å². The first kappa shape index (κ1) is 30.7. The van der Waals surface area contributed by atoms with E-state index in [2.05, 4.69) is 30.9 Å². The maximum absolute atomic E-state index is 13.6. The van der Waals surface area contributed by atoms with Gasteiger partial charge in [0.05, 0.1) is 34.8 Å². The molecule has 0 spiro atoms. The zero-order valence-corrected chi connectivity index (χ0v) is 24.3. The van der Waals surface area contributed by atoms with Crippen molar-refractivity contribution in [2.24, 2.45) is 0 Å². The molecule has 19 heteroatoms. The van der Waals surface area contributed by atoms with Crippen LogP contribution >= 0.6 is 11.6 Å². The standard InChI is InChI=1S/C25H20ClN7O9S2/c26-23-31-24(28-7-8-34)33-25(32-23)29-11-5-6-14(16(9-11)43(37,38)39)30-15-10-17(44(40,41)42)20(27)19-18(15)21(35)12-3-1-2-4-13(12)22(19)36/h1-6,9-10,30,34H,7-8,27H2,(H,37,38,39)(H,40,41,42)(H2,28,29,31,32,33). The van der Waals surface area contributed by atoms with E-state index in [4.69, 9.17) is 22.4 Å². The average Bonchev–Trinajstić information content (AvgIpc) is 2.94. The largest absolute Gasteiger partial charge is 0.397 e. The van der Waals surface area contributed by atoms with Crippen LogP contribution in [-0.2, 0) is 20.2 Å². The van der Waals surface area contributed by atoms with Crippen molar-refractivity contribution in [3.05, 3.63) is 76.1 Å². The molecule has 0 radical (unpaired) electrons. The Balaban J connectivity index is 1.63. The summed E-state index contributed by atoms with van der Waals surface area (Å²) in [7, 11) is -10.1. The van der Waals surface area contributed by atoms with E-state index in [-0.39, 0.29) is 58.4 Å². The molecule has 0 saturated carbocycles. The van der Waals surface area contributed by atoms with Gasteiger partial charge in [-0.3, -0.25) is 18.7 Å². The van der Waals surface area contributed by atoms with E-state index in [0.717, 1.165) is 18.2 Å². The van der Waals surface area contributed by atoms with Gasteiger partial charge >= 0.3 is 0 Å². The number of hydrogen-bond donors (Lipinski definition) is 7. The number of nitrogens with zero attached hydrogens (tertiary/aromatic N) is 3. The molecule has 16 nitrogen and oxygen atoms in total. The van der Waals surface area contributed by atoms with Crippen LogP contribution in [0.2, 0.25) is 5.28 Å². The number of hydrogen-bond acceptors (Lipinski definition) is 14. The summed E-state index contributed by atoms with van der Waals surface area (Å²) < 4.78 is 69.1. The molecule has 0 bridgehead atoms. The second-order valence-corrected chi connectivity index (χ2v) is 12.2. The maximum atomic E-state index is 13.6. The van der Waals surface area contributed by atoms with E-state index in [1.165, 1.54) is 30.3 Å². The fraction of sp³-hybridized carbons (Fsp3) is 0.0800. The highest BCUT2D eigenvalue weighted by Crippen LogP contribution is 2.41. The molecule has 0 saturated heterocycles. The SMILES string of the molecule is Nc1c(S(=O)(=O)O)cc(Nc2ccc(Nc3nc(Cl)nc(NCCO)n3)cc2S(=O)(=O)O)c2c1C(=O)c1ccccc1C2=O. The van der Waals surface area contributed by atoms with Gasteiger partial charge in [-0.05, 0) is 35.9 Å². The van der Waals surface area contributed by atoms with Crippen LogP contribution in [0.1, 0.15) is 31.8 Å². The van der Waals surface area contributed by atoms with Gasteiger partial charge in [0.25, 0.3) is 20.2 Å². The van der Waals surface area contributed by atoms with Gasteiger partial charge in [0.2, 0.25) is 17.2 Å². The number of nitrogen functional groups attached to an aromatic ring is 1. The lowest BCUT2D eigenvalue weighted by molar-refractivity contribution is 0.0980. The van der Waals surface area contributed by atoms with Crippen LogP contribution in [-0.4, -0.2) is 70.7 Å². The molecular formula is C25H20ClN7O9S2. The van der Waals surface area contributed by atoms with E-state index >= 15 is 0 Å². The molecule has 3 aromatic carbocycles. The molecular weight excluding hydrogens is 642 g/mol. The van der Waals surface area contributed by atoms with Crippen LogP contribution in [0.5, 0.6) is 0 Å². The average molecular weight is 662 g/mol. The van der Waals surface area contributed by atoms with Crippen LogP contribution in [0, 0.1) is 0 Å². The number of carbonyl (C=O) groups excluding carboxylic acids is 2. The normalized spacial score (nSPS) is 12.8. The Kier molecular flexibility index (Phi) is 7.97. The van der Waals surface area contributed by atoms with E-state index in [1.807, 2.05) is 0 Å². The third kappa shape index (κ3) is 5.89. The molecule has 4 aromatic rings. The molecule has 1 aromatic heterocycles. The second kappa shape index (κ2) is 11.4. The van der Waals surface area contributed by atoms with Gasteiger partial charge in [0.15, 0.2) is 11.6 Å². The molecule has 228 valence electrons. The number of fused-ring (bicyclic) bond motifs is 2. The zero-order chi connectivity index (χ0) is 32.0. The number of halogens is 1. The number of aliphatic hydroxyl groups is 1. The maximum Gasteiger partial charge on any atom is 0.296 e. The Labute approximate surface area is 253 Å². The molecule has 5 rings (SSSR count). The number of aliphatic hydroxyl groups excluding tert-OH is 1. The van der Waals surface area contributed by atoms with E-state index < -0.39 is 58.5 Å². The van der Waals surface area contributed by atoms with Gasteiger partial charge in [-0.15, -0.1) is 0 Å². The predicted molar refractivity (Wildman–Crippen MR) is 157 cm³/mol. The van der Waals surface area contributed by atoms with Gasteiger partial charge in [0.1, 0.15) is 9.79 Å². The number of anilines is 6. The van der Waals surface area contributed by atoms with Gasteiger partial charge in [0, 0.05) is 23.4 Å². The van der Waals surface area contributed by atoms with Gasteiger partial charge in [-0.2, -0.15) is 31.8 Å². The Hall–Kier alpha value is -4.72. The Morgan fingerprint density at radius 1 is 0.773 bits per heavy atom. The van der Waals surface area contributed by atoms with Crippen LogP contribution < -0.4 is 21.7 Å². The number of benzene rings is 3. The first-order chi connectivity index (χ1) is 20.7. The number of aromatic nitrogens is 3. The molecule has 0 unspecified atom stereocenters. The van der Waals surface area contributed by atoms with Crippen molar-refractivity contribution in [2.45, 2.75) is 9.79 Å². The summed E-state index contributed by atoms with van der Waals surface area (Å²) in [6, 6.07) is 9.91. The van der Waals surface area contributed by atoms with Crippen molar-refractivity contribution >= 4 is 78.0 Å². The van der Waals surface area contributed by atoms with E-state index in [0.29, 0.717) is 0 Å². The molecule has 8 N–H and O–H groups in total. The molecule has 0 aliphatic heterocycles. The number of carbonyl (C=O) groups is 2. The molecule has 1 aliphatic rings.